The Balaban J connectivity index is 1.89. The highest BCUT2D eigenvalue weighted by atomic mass is 32.1. The smallest absolute Gasteiger partial charge is 0.287 e. The van der Waals surface area contributed by atoms with Crippen molar-refractivity contribution in [2.45, 2.75) is 25.6 Å². The van der Waals surface area contributed by atoms with Crippen LogP contribution in [0.2, 0.25) is 0 Å². The van der Waals surface area contributed by atoms with Gasteiger partial charge in [0.05, 0.1) is 21.5 Å². The number of hydrogen-bond donors (Lipinski definition) is 0. The molecule has 0 N–H and O–H groups in total. The van der Waals surface area contributed by atoms with Crippen molar-refractivity contribution < 1.29 is 13.2 Å². The molecule has 0 bridgehead atoms. The number of rotatable bonds is 4. The molecule has 1 heterocycles. The minimum Gasteiger partial charge on any atom is -0.287 e. The Morgan fingerprint density at radius 1 is 1.14 bits per heavy atom. The normalized spacial score (nSPS) is 12.1. The van der Waals surface area contributed by atoms with Gasteiger partial charge in [-0.2, -0.15) is 17.5 Å². The molecule has 0 spiro atoms. The lowest BCUT2D eigenvalue weighted by Gasteiger charge is -2.29. The van der Waals surface area contributed by atoms with Gasteiger partial charge in [-0.05, 0) is 56.7 Å². The van der Waals surface area contributed by atoms with Gasteiger partial charge in [-0.1, -0.05) is 36.1 Å². The molecule has 6 heteroatoms. The van der Waals surface area contributed by atoms with Gasteiger partial charge in [-0.15, -0.1) is 6.58 Å². The van der Waals surface area contributed by atoms with Crippen LogP contribution >= 0.6 is 11.5 Å². The van der Waals surface area contributed by atoms with Crippen LogP contribution in [0.15, 0.2) is 55.1 Å². The van der Waals surface area contributed by atoms with E-state index in [2.05, 4.69) is 41.5 Å². The van der Waals surface area contributed by atoms with Gasteiger partial charge >= 0.3 is 6.18 Å². The Morgan fingerprint density at radius 2 is 1.83 bits per heavy atom. The Labute approximate surface area is 172 Å². The third-order valence-electron chi connectivity index (χ3n) is 4.83. The highest BCUT2D eigenvalue weighted by Gasteiger charge is 2.30. The van der Waals surface area contributed by atoms with Crippen LogP contribution in [-0.4, -0.2) is 28.4 Å². The zero-order chi connectivity index (χ0) is 21.2. The molecule has 1 aromatic heterocycles. The molecule has 3 aromatic rings. The molecule has 0 atom stereocenters. The highest BCUT2D eigenvalue weighted by Crippen LogP contribution is 2.34. The second-order valence-corrected chi connectivity index (χ2v) is 8.10. The Morgan fingerprint density at radius 3 is 2.45 bits per heavy atom. The number of likely N-dealkylation sites (N-methyl/N-ethyl adjacent to an activating group) is 1. The third kappa shape index (κ3) is 4.69. The second kappa shape index (κ2) is 8.02. The van der Waals surface area contributed by atoms with E-state index >= 15 is 0 Å². The number of benzene rings is 2. The van der Waals surface area contributed by atoms with Crippen LogP contribution in [0, 0.1) is 11.8 Å². The van der Waals surface area contributed by atoms with Gasteiger partial charge in [0, 0.05) is 23.1 Å². The second-order valence-electron chi connectivity index (χ2n) is 7.30. The molecule has 29 heavy (non-hydrogen) atoms. The van der Waals surface area contributed by atoms with Gasteiger partial charge in [-0.3, -0.25) is 4.90 Å². The minimum absolute atomic E-state index is 0.303. The summed E-state index contributed by atoms with van der Waals surface area (Å²) in [6.45, 7) is 8.61. The van der Waals surface area contributed by atoms with E-state index < -0.39 is 11.7 Å². The number of hydrogen-bond acceptors (Lipinski definition) is 3. The van der Waals surface area contributed by atoms with Gasteiger partial charge in [0.2, 0.25) is 0 Å². The molecule has 2 aromatic carbocycles. The molecule has 0 amide bonds. The maximum Gasteiger partial charge on any atom is 0.416 e. The van der Waals surface area contributed by atoms with Crippen LogP contribution in [0.4, 0.5) is 13.2 Å². The fraction of sp³-hybridized carbons (Fsp3) is 0.261. The van der Waals surface area contributed by atoms with Crippen LogP contribution in [0.25, 0.3) is 21.3 Å². The van der Waals surface area contributed by atoms with Gasteiger partial charge < -0.3 is 0 Å². The largest absolute Gasteiger partial charge is 0.416 e. The van der Waals surface area contributed by atoms with E-state index in [1.54, 1.807) is 0 Å². The summed E-state index contributed by atoms with van der Waals surface area (Å²) in [5, 5.41) is 0.906. The molecule has 0 unspecified atom stereocenters. The molecule has 0 fully saturated rings. The number of alkyl halides is 3. The van der Waals surface area contributed by atoms with Crippen molar-refractivity contribution in [3.63, 3.8) is 0 Å². The maximum atomic E-state index is 12.8. The molecular weight excluding hydrogens is 393 g/mol. The van der Waals surface area contributed by atoms with Crippen LogP contribution in [0.5, 0.6) is 0 Å². The SMILES string of the molecule is C=CCN(C)C(C)(C)C#Cc1ccc2c(-c3ccc(C(F)(F)F)cc3)nsc2c1. The monoisotopic (exact) mass is 414 g/mol. The van der Waals surface area contributed by atoms with Crippen LogP contribution in [0.1, 0.15) is 25.0 Å². The third-order valence-corrected chi connectivity index (χ3v) is 5.64. The quantitative estimate of drug-likeness (QED) is 0.372. The summed E-state index contributed by atoms with van der Waals surface area (Å²) in [6, 6.07) is 10.9. The lowest BCUT2D eigenvalue weighted by atomic mass is 10.0. The molecule has 0 aliphatic heterocycles. The standard InChI is InChI=1S/C23H21F3N2S/c1-5-14-28(4)22(2,3)13-12-16-6-11-19-20(15-16)29-27-21(19)17-7-9-18(10-8-17)23(24,25)26/h5-11,15H,1,14H2,2-4H3. The van der Waals surface area contributed by atoms with Crippen LogP contribution in [0.3, 0.4) is 0 Å². The predicted molar refractivity (Wildman–Crippen MR) is 114 cm³/mol. The van der Waals surface area contributed by atoms with E-state index in [0.29, 0.717) is 11.3 Å². The van der Waals surface area contributed by atoms with Crippen molar-refractivity contribution in [3.05, 3.63) is 66.2 Å². The topological polar surface area (TPSA) is 16.1 Å². The van der Waals surface area contributed by atoms with Gasteiger partial charge in [-0.25, -0.2) is 0 Å². The zero-order valence-corrected chi connectivity index (χ0v) is 17.3. The molecule has 0 radical (unpaired) electrons. The predicted octanol–water partition coefficient (Wildman–Crippen LogP) is 6.23. The van der Waals surface area contributed by atoms with E-state index in [1.807, 2.05) is 31.3 Å². The zero-order valence-electron chi connectivity index (χ0n) is 16.5. The van der Waals surface area contributed by atoms with Crippen molar-refractivity contribution in [3.8, 4) is 23.1 Å². The van der Waals surface area contributed by atoms with Crippen molar-refractivity contribution in [1.82, 2.24) is 9.27 Å². The summed E-state index contributed by atoms with van der Waals surface area (Å²) in [4.78, 5) is 2.11. The first-order valence-corrected chi connectivity index (χ1v) is 9.81. The van der Waals surface area contributed by atoms with E-state index in [-0.39, 0.29) is 5.54 Å². The summed E-state index contributed by atoms with van der Waals surface area (Å²) in [5.41, 5.74) is 1.25. The molecule has 0 aliphatic carbocycles. The summed E-state index contributed by atoms with van der Waals surface area (Å²) in [7, 11) is 2.00. The average Bonchev–Trinajstić information content (AvgIpc) is 3.09. The fourth-order valence-corrected chi connectivity index (χ4v) is 3.62. The molecule has 0 aliphatic rings. The van der Waals surface area contributed by atoms with E-state index in [4.69, 9.17) is 0 Å². The Bertz CT molecular complexity index is 1080. The van der Waals surface area contributed by atoms with Crippen molar-refractivity contribution in [1.29, 1.82) is 0 Å². The first kappa shape index (κ1) is 21.1. The van der Waals surface area contributed by atoms with Crippen LogP contribution < -0.4 is 0 Å². The summed E-state index contributed by atoms with van der Waals surface area (Å²) in [5.74, 6) is 6.51. The van der Waals surface area contributed by atoms with Gasteiger partial charge in [0.15, 0.2) is 0 Å². The van der Waals surface area contributed by atoms with E-state index in [1.165, 1.54) is 23.7 Å². The average molecular weight is 414 g/mol. The molecule has 3 rings (SSSR count). The first-order chi connectivity index (χ1) is 13.6. The van der Waals surface area contributed by atoms with Gasteiger partial charge in [0.25, 0.3) is 0 Å². The van der Waals surface area contributed by atoms with Gasteiger partial charge in [0.1, 0.15) is 0 Å². The van der Waals surface area contributed by atoms with Crippen molar-refractivity contribution in [2.75, 3.05) is 13.6 Å². The van der Waals surface area contributed by atoms with Crippen molar-refractivity contribution >= 4 is 21.6 Å². The first-order valence-electron chi connectivity index (χ1n) is 9.04. The summed E-state index contributed by atoms with van der Waals surface area (Å²) >= 11 is 1.32. The Kier molecular flexibility index (Phi) is 5.83. The Hall–Kier alpha value is -2.62. The number of halogens is 3. The summed E-state index contributed by atoms with van der Waals surface area (Å²) in [6.07, 6.45) is -2.50. The fourth-order valence-electron chi connectivity index (χ4n) is 2.78. The number of fused-ring (bicyclic) bond motifs is 1. The molecule has 0 saturated carbocycles. The minimum atomic E-state index is -4.34. The van der Waals surface area contributed by atoms with E-state index in [9.17, 15) is 13.2 Å². The molecule has 2 nitrogen and oxygen atoms in total. The summed E-state index contributed by atoms with van der Waals surface area (Å²) < 4.78 is 43.7. The molecule has 0 saturated heterocycles. The number of nitrogens with zero attached hydrogens (tertiary/aromatic N) is 2. The van der Waals surface area contributed by atoms with E-state index in [0.717, 1.165) is 34.3 Å². The number of aromatic nitrogens is 1. The molecule has 150 valence electrons. The van der Waals surface area contributed by atoms with Crippen LogP contribution in [-0.2, 0) is 6.18 Å². The maximum absolute atomic E-state index is 12.8. The lowest BCUT2D eigenvalue weighted by molar-refractivity contribution is -0.137. The molecular formula is C23H21F3N2S. The van der Waals surface area contributed by atoms with Crippen molar-refractivity contribution in [2.24, 2.45) is 0 Å². The highest BCUT2D eigenvalue weighted by molar-refractivity contribution is 7.13. The lowest BCUT2D eigenvalue weighted by Crippen LogP contribution is -2.39.